The number of hydrogen-bond donors (Lipinski definition) is 1. The van der Waals surface area contributed by atoms with Crippen LogP contribution in [0.5, 0.6) is 5.88 Å². The molecule has 32 heavy (non-hydrogen) atoms. The smallest absolute Gasteiger partial charge is 0.434 e. The fourth-order valence-corrected chi connectivity index (χ4v) is 3.20. The van der Waals surface area contributed by atoms with E-state index >= 15 is 0 Å². The molecule has 1 N–H and O–H groups in total. The predicted molar refractivity (Wildman–Crippen MR) is 107 cm³/mol. The van der Waals surface area contributed by atoms with Crippen molar-refractivity contribution < 1.29 is 22.7 Å². The van der Waals surface area contributed by atoms with Crippen LogP contribution in [0.15, 0.2) is 55.0 Å². The van der Waals surface area contributed by atoms with Gasteiger partial charge in [-0.1, -0.05) is 6.07 Å². The van der Waals surface area contributed by atoms with E-state index in [1.807, 2.05) is 6.07 Å². The largest absolute Gasteiger partial charge is 0.480 e. The molecular formula is C21H13F3N6O2. The molecule has 0 aliphatic rings. The zero-order chi connectivity index (χ0) is 22.9. The maximum Gasteiger partial charge on any atom is 0.434 e. The Morgan fingerprint density at radius 2 is 2.00 bits per heavy atom. The van der Waals surface area contributed by atoms with Gasteiger partial charge >= 0.3 is 6.18 Å². The number of nitrogens with zero attached hydrogens (tertiary/aromatic N) is 5. The Morgan fingerprint density at radius 1 is 1.19 bits per heavy atom. The molecule has 0 saturated carbocycles. The van der Waals surface area contributed by atoms with Crippen LogP contribution in [-0.4, -0.2) is 32.8 Å². The molecule has 1 amide bonds. The molecule has 0 atom stereocenters. The van der Waals surface area contributed by atoms with Gasteiger partial charge in [-0.25, -0.2) is 9.67 Å². The summed E-state index contributed by atoms with van der Waals surface area (Å²) in [7, 11) is 1.31. The first-order valence-corrected chi connectivity index (χ1v) is 9.08. The van der Waals surface area contributed by atoms with Gasteiger partial charge in [-0.3, -0.25) is 9.78 Å². The van der Waals surface area contributed by atoms with Crippen molar-refractivity contribution in [3.05, 3.63) is 71.8 Å². The van der Waals surface area contributed by atoms with Gasteiger partial charge in [0.25, 0.3) is 5.91 Å². The highest BCUT2D eigenvalue weighted by Gasteiger charge is 2.41. The van der Waals surface area contributed by atoms with Crippen molar-refractivity contribution in [2.45, 2.75) is 6.18 Å². The first-order chi connectivity index (χ1) is 15.3. The first kappa shape index (κ1) is 20.8. The number of halogens is 3. The van der Waals surface area contributed by atoms with Crippen LogP contribution in [0.2, 0.25) is 0 Å². The molecule has 11 heteroatoms. The number of nitriles is 1. The summed E-state index contributed by atoms with van der Waals surface area (Å²) in [4.78, 5) is 20.7. The van der Waals surface area contributed by atoms with E-state index in [9.17, 15) is 18.0 Å². The Kier molecular flexibility index (Phi) is 5.19. The van der Waals surface area contributed by atoms with Gasteiger partial charge in [0.2, 0.25) is 5.88 Å². The molecule has 3 heterocycles. The minimum Gasteiger partial charge on any atom is -0.480 e. The van der Waals surface area contributed by atoms with E-state index in [-0.39, 0.29) is 22.8 Å². The monoisotopic (exact) mass is 438 g/mol. The van der Waals surface area contributed by atoms with Crippen LogP contribution in [-0.2, 0) is 6.18 Å². The number of amides is 1. The molecule has 0 aliphatic carbocycles. The molecule has 0 fully saturated rings. The number of alkyl halides is 3. The average Bonchev–Trinajstić information content (AvgIpc) is 3.24. The van der Waals surface area contributed by atoms with Crippen LogP contribution >= 0.6 is 0 Å². The predicted octanol–water partition coefficient (Wildman–Crippen LogP) is 3.97. The first-order valence-electron chi connectivity index (χ1n) is 9.08. The summed E-state index contributed by atoms with van der Waals surface area (Å²) in [5, 5.41) is 15.8. The molecule has 0 radical (unpaired) electrons. The lowest BCUT2D eigenvalue weighted by Crippen LogP contribution is -2.21. The van der Waals surface area contributed by atoms with Gasteiger partial charge in [0, 0.05) is 11.6 Å². The summed E-state index contributed by atoms with van der Waals surface area (Å²) in [6.45, 7) is 0. The fraction of sp³-hybridized carbons (Fsp3) is 0.0952. The molecule has 0 bridgehead atoms. The molecule has 8 nitrogen and oxygen atoms in total. The number of hydrogen-bond acceptors (Lipinski definition) is 6. The maximum absolute atomic E-state index is 14.0. The Balaban J connectivity index is 1.79. The van der Waals surface area contributed by atoms with E-state index < -0.39 is 23.3 Å². The standard InChI is InChI=1S/C21H13F3N6O2/c1-32-20-12(9-25)8-13(10-27-20)29-19(31)15-11-28-30(18(15)21(22,23)24)17-6-2-5-16-14(17)4-3-7-26-16/h2-8,10-11H,1H3,(H,29,31). The van der Waals surface area contributed by atoms with Crippen LogP contribution in [0.3, 0.4) is 0 Å². The molecule has 160 valence electrons. The van der Waals surface area contributed by atoms with Gasteiger partial charge in [-0.15, -0.1) is 0 Å². The summed E-state index contributed by atoms with van der Waals surface area (Å²) in [6, 6.07) is 11.0. The number of benzene rings is 1. The number of ether oxygens (including phenoxy) is 1. The fourth-order valence-electron chi connectivity index (χ4n) is 3.20. The van der Waals surface area contributed by atoms with E-state index in [4.69, 9.17) is 10.00 Å². The Hall–Kier alpha value is -4.46. The van der Waals surface area contributed by atoms with Gasteiger partial charge in [0.05, 0.1) is 42.0 Å². The minimum atomic E-state index is -4.89. The van der Waals surface area contributed by atoms with Crippen molar-refractivity contribution in [3.8, 4) is 17.6 Å². The van der Waals surface area contributed by atoms with Crippen molar-refractivity contribution in [1.29, 1.82) is 5.26 Å². The Morgan fingerprint density at radius 3 is 2.72 bits per heavy atom. The second-order valence-corrected chi connectivity index (χ2v) is 6.51. The Bertz CT molecular complexity index is 1370. The van der Waals surface area contributed by atoms with Crippen molar-refractivity contribution in [3.63, 3.8) is 0 Å². The molecular weight excluding hydrogens is 425 g/mol. The zero-order valence-corrected chi connectivity index (χ0v) is 16.4. The molecule has 4 aromatic rings. The van der Waals surface area contributed by atoms with Crippen molar-refractivity contribution in [1.82, 2.24) is 19.7 Å². The van der Waals surface area contributed by atoms with Crippen LogP contribution in [0, 0.1) is 11.3 Å². The van der Waals surface area contributed by atoms with Crippen LogP contribution in [0.1, 0.15) is 21.6 Å². The quantitative estimate of drug-likeness (QED) is 0.517. The highest BCUT2D eigenvalue weighted by atomic mass is 19.4. The van der Waals surface area contributed by atoms with Crippen molar-refractivity contribution >= 4 is 22.5 Å². The lowest BCUT2D eigenvalue weighted by molar-refractivity contribution is -0.143. The number of fused-ring (bicyclic) bond motifs is 1. The van der Waals surface area contributed by atoms with E-state index in [2.05, 4.69) is 20.4 Å². The van der Waals surface area contributed by atoms with Crippen molar-refractivity contribution in [2.75, 3.05) is 12.4 Å². The number of rotatable bonds is 4. The third kappa shape index (κ3) is 3.69. The summed E-state index contributed by atoms with van der Waals surface area (Å²) in [6.07, 6.45) is -1.35. The maximum atomic E-state index is 14.0. The van der Waals surface area contributed by atoms with Crippen LogP contribution in [0.25, 0.3) is 16.6 Å². The van der Waals surface area contributed by atoms with E-state index in [0.717, 1.165) is 6.20 Å². The number of nitrogens with one attached hydrogen (secondary N) is 1. The lowest BCUT2D eigenvalue weighted by atomic mass is 10.1. The Labute approximate surface area is 178 Å². The topological polar surface area (TPSA) is 106 Å². The normalized spacial score (nSPS) is 11.2. The van der Waals surface area contributed by atoms with Crippen molar-refractivity contribution in [2.24, 2.45) is 0 Å². The molecule has 0 unspecified atom stereocenters. The molecule has 0 aliphatic heterocycles. The summed E-state index contributed by atoms with van der Waals surface area (Å²) in [5.41, 5.74) is -1.28. The van der Waals surface area contributed by atoms with Gasteiger partial charge < -0.3 is 10.1 Å². The third-order valence-electron chi connectivity index (χ3n) is 4.56. The molecule has 0 saturated heterocycles. The minimum absolute atomic E-state index is 0.0142. The van der Waals surface area contributed by atoms with E-state index in [1.54, 1.807) is 24.3 Å². The molecule has 4 rings (SSSR count). The number of carbonyl (C=O) groups is 1. The molecule has 1 aromatic carbocycles. The summed E-state index contributed by atoms with van der Waals surface area (Å²) in [5.74, 6) is -1.03. The van der Waals surface area contributed by atoms with Gasteiger partial charge in [-0.2, -0.15) is 23.5 Å². The van der Waals surface area contributed by atoms with E-state index in [1.165, 1.54) is 31.6 Å². The molecule has 0 spiro atoms. The number of anilines is 1. The zero-order valence-electron chi connectivity index (χ0n) is 16.4. The SMILES string of the molecule is COc1ncc(NC(=O)c2cnn(-c3cccc4ncccc34)c2C(F)(F)F)cc1C#N. The highest BCUT2D eigenvalue weighted by molar-refractivity contribution is 6.05. The van der Waals surface area contributed by atoms with Gasteiger partial charge in [0.1, 0.15) is 11.6 Å². The second-order valence-electron chi connectivity index (χ2n) is 6.51. The van der Waals surface area contributed by atoms with Gasteiger partial charge in [0.15, 0.2) is 5.69 Å². The molecule has 3 aromatic heterocycles. The third-order valence-corrected chi connectivity index (χ3v) is 4.56. The average molecular weight is 438 g/mol. The summed E-state index contributed by atoms with van der Waals surface area (Å²) >= 11 is 0. The second kappa shape index (κ2) is 7.99. The number of methoxy groups -OCH3 is 1. The number of aromatic nitrogens is 4. The van der Waals surface area contributed by atoms with E-state index in [0.29, 0.717) is 15.6 Å². The number of carbonyl (C=O) groups excluding carboxylic acids is 1. The van der Waals surface area contributed by atoms with Crippen LogP contribution < -0.4 is 10.1 Å². The summed E-state index contributed by atoms with van der Waals surface area (Å²) < 4.78 is 47.6. The highest BCUT2D eigenvalue weighted by Crippen LogP contribution is 2.35. The van der Waals surface area contributed by atoms with Gasteiger partial charge in [-0.05, 0) is 30.3 Å². The lowest BCUT2D eigenvalue weighted by Gasteiger charge is -2.14. The number of pyridine rings is 2. The van der Waals surface area contributed by atoms with Crippen LogP contribution in [0.4, 0.5) is 18.9 Å².